The van der Waals surface area contributed by atoms with Crippen LogP contribution in [0.5, 0.6) is 5.75 Å². The van der Waals surface area contributed by atoms with Gasteiger partial charge in [-0.05, 0) is 43.7 Å². The lowest BCUT2D eigenvalue weighted by Crippen LogP contribution is -2.09. The zero-order valence-corrected chi connectivity index (χ0v) is 12.8. The average molecular weight is 279 g/mol. The van der Waals surface area contributed by atoms with Crippen LogP contribution in [0.2, 0.25) is 0 Å². The number of hydrogen-bond acceptors (Lipinski definition) is 3. The molecule has 0 radical (unpaired) electrons. The summed E-state index contributed by atoms with van der Waals surface area (Å²) in [5.41, 5.74) is 0.819. The Labute approximate surface area is 113 Å². The average Bonchev–Trinajstić information content (AvgIpc) is 3.04. The highest BCUT2D eigenvalue weighted by atomic mass is 32.3. The van der Waals surface area contributed by atoms with Crippen molar-refractivity contribution in [3.63, 3.8) is 0 Å². The van der Waals surface area contributed by atoms with Gasteiger partial charge in [0.05, 0.1) is 12.1 Å². The summed E-state index contributed by atoms with van der Waals surface area (Å²) in [5.74, 6) is 6.69. The van der Waals surface area contributed by atoms with Crippen LogP contribution in [0.15, 0.2) is 17.2 Å². The predicted octanol–water partition coefficient (Wildman–Crippen LogP) is 2.64. The minimum absolute atomic E-state index is 0.538. The lowest BCUT2D eigenvalue weighted by Gasteiger charge is -2.35. The monoisotopic (exact) mass is 279 g/mol. The van der Waals surface area contributed by atoms with Gasteiger partial charge >= 0.3 is 0 Å². The maximum atomic E-state index is 5.41. The Hall–Kier alpha value is -1.36. The van der Waals surface area contributed by atoms with Crippen molar-refractivity contribution in [2.75, 3.05) is 25.9 Å². The summed E-state index contributed by atoms with van der Waals surface area (Å²) < 4.78 is 7.36. The fraction of sp³-hybridized carbons (Fsp3) is 0.500. The molecule has 0 aromatic carbocycles. The Morgan fingerprint density at radius 2 is 2.00 bits per heavy atom. The van der Waals surface area contributed by atoms with E-state index in [2.05, 4.69) is 35.7 Å². The number of fused-ring (bicyclic) bond motifs is 1. The normalized spacial score (nSPS) is 18.2. The van der Waals surface area contributed by atoms with Crippen molar-refractivity contribution < 1.29 is 4.74 Å². The molecule has 0 bridgehead atoms. The van der Waals surface area contributed by atoms with Crippen LogP contribution < -0.4 is 4.74 Å². The summed E-state index contributed by atoms with van der Waals surface area (Å²) in [6, 6.07) is 4.06. The zero-order valence-electron chi connectivity index (χ0n) is 12.0. The van der Waals surface area contributed by atoms with Crippen LogP contribution in [-0.4, -0.2) is 46.3 Å². The number of nitrogens with zero attached hydrogens (tertiary/aromatic N) is 3. The Morgan fingerprint density at radius 1 is 1.32 bits per heavy atom. The third kappa shape index (κ3) is 2.16. The molecule has 19 heavy (non-hydrogen) atoms. The maximum Gasteiger partial charge on any atom is 0.199 e. The summed E-state index contributed by atoms with van der Waals surface area (Å²) in [4.78, 5) is 4.67. The summed E-state index contributed by atoms with van der Waals surface area (Å²) in [6.07, 6.45) is 9.01. The lowest BCUT2D eigenvalue weighted by atomic mass is 10.4. The fourth-order valence-corrected chi connectivity index (χ4v) is 3.52. The Balaban J connectivity index is 2.33. The van der Waals surface area contributed by atoms with E-state index >= 15 is 0 Å². The number of aromatic nitrogens is 3. The van der Waals surface area contributed by atoms with Gasteiger partial charge in [0.25, 0.3) is 0 Å². The van der Waals surface area contributed by atoms with E-state index in [0.717, 1.165) is 22.2 Å². The molecule has 0 amide bonds. The maximum absolute atomic E-state index is 5.41. The van der Waals surface area contributed by atoms with Gasteiger partial charge in [0, 0.05) is 5.92 Å². The quantitative estimate of drug-likeness (QED) is 0.811. The molecule has 0 saturated heterocycles. The van der Waals surface area contributed by atoms with Crippen molar-refractivity contribution in [1.82, 2.24) is 14.6 Å². The lowest BCUT2D eigenvalue weighted by molar-refractivity contribution is 0.415. The van der Waals surface area contributed by atoms with Gasteiger partial charge in [0.15, 0.2) is 17.2 Å². The second-order valence-corrected chi connectivity index (χ2v) is 12.7. The third-order valence-electron chi connectivity index (χ3n) is 3.37. The highest BCUT2D eigenvalue weighted by Crippen LogP contribution is 2.54. The van der Waals surface area contributed by atoms with Crippen LogP contribution in [0.4, 0.5) is 0 Å². The smallest absolute Gasteiger partial charge is 0.199 e. The number of methoxy groups -OCH3 is 1. The van der Waals surface area contributed by atoms with E-state index in [9.17, 15) is 0 Å². The van der Waals surface area contributed by atoms with Gasteiger partial charge in [-0.15, -0.1) is 5.10 Å². The minimum Gasteiger partial charge on any atom is -0.493 e. The molecule has 3 rings (SSSR count). The molecule has 1 aliphatic carbocycles. The number of rotatable bonds is 3. The van der Waals surface area contributed by atoms with Crippen LogP contribution >= 0.6 is 8.75 Å². The van der Waals surface area contributed by atoms with Crippen molar-refractivity contribution in [3.05, 3.63) is 18.0 Å². The Kier molecular flexibility index (Phi) is 2.40. The predicted molar refractivity (Wildman–Crippen MR) is 82.3 cm³/mol. The van der Waals surface area contributed by atoms with Crippen molar-refractivity contribution >= 4 is 20.3 Å². The summed E-state index contributed by atoms with van der Waals surface area (Å²) in [6.45, 7) is 0. The van der Waals surface area contributed by atoms with Crippen molar-refractivity contribution in [2.45, 2.75) is 23.8 Å². The Bertz CT molecular complexity index is 711. The summed E-state index contributed by atoms with van der Waals surface area (Å²) in [7, 11) is -0.220. The number of ether oxygens (including phenoxy) is 1. The van der Waals surface area contributed by atoms with Crippen molar-refractivity contribution in [2.24, 2.45) is 0 Å². The second-order valence-electron chi connectivity index (χ2n) is 6.57. The SMILES string of the molecule is C=S(C)(C)(C)c1ccc(OC)c2nc(C3CC3)nn12. The van der Waals surface area contributed by atoms with E-state index in [0.29, 0.717) is 5.92 Å². The largest absolute Gasteiger partial charge is 0.493 e. The summed E-state index contributed by atoms with van der Waals surface area (Å²) >= 11 is 0. The van der Waals surface area contributed by atoms with Crippen LogP contribution in [-0.2, 0) is 0 Å². The highest BCUT2D eigenvalue weighted by molar-refractivity contribution is 8.45. The molecule has 104 valence electrons. The first kappa shape index (κ1) is 12.7. The minimum atomic E-state index is -1.89. The first-order chi connectivity index (χ1) is 8.76. The topological polar surface area (TPSA) is 39.4 Å². The molecule has 4 nitrogen and oxygen atoms in total. The van der Waals surface area contributed by atoms with E-state index < -0.39 is 8.75 Å². The molecule has 0 aliphatic heterocycles. The molecule has 2 heterocycles. The molecule has 2 aromatic heterocycles. The van der Waals surface area contributed by atoms with E-state index in [-0.39, 0.29) is 0 Å². The Morgan fingerprint density at radius 3 is 2.53 bits per heavy atom. The molecule has 2 aromatic rings. The molecular formula is C14H21N3OS. The third-order valence-corrected chi connectivity index (χ3v) is 5.23. The van der Waals surface area contributed by atoms with Crippen LogP contribution in [0.3, 0.4) is 0 Å². The molecule has 0 atom stereocenters. The van der Waals surface area contributed by atoms with Gasteiger partial charge in [-0.3, -0.25) is 0 Å². The van der Waals surface area contributed by atoms with E-state index in [1.54, 1.807) is 7.11 Å². The highest BCUT2D eigenvalue weighted by Gasteiger charge is 2.30. The molecule has 5 heteroatoms. The van der Waals surface area contributed by atoms with E-state index in [4.69, 9.17) is 9.84 Å². The second kappa shape index (κ2) is 3.60. The van der Waals surface area contributed by atoms with Crippen LogP contribution in [0.25, 0.3) is 5.65 Å². The molecular weight excluding hydrogens is 258 g/mol. The number of hydrogen-bond donors (Lipinski definition) is 0. The van der Waals surface area contributed by atoms with Crippen molar-refractivity contribution in [3.8, 4) is 5.75 Å². The van der Waals surface area contributed by atoms with E-state index in [1.807, 2.05) is 10.6 Å². The zero-order chi connectivity index (χ0) is 13.9. The molecule has 0 unspecified atom stereocenters. The van der Waals surface area contributed by atoms with Gasteiger partial charge in [-0.25, -0.2) is 18.2 Å². The molecule has 1 aliphatic rings. The molecule has 1 fully saturated rings. The first-order valence-corrected chi connectivity index (χ1v) is 9.85. The van der Waals surface area contributed by atoms with Gasteiger partial charge in [-0.1, -0.05) is 5.87 Å². The van der Waals surface area contributed by atoms with Crippen molar-refractivity contribution in [1.29, 1.82) is 0 Å². The van der Waals surface area contributed by atoms with Crippen LogP contribution in [0, 0.1) is 0 Å². The molecule has 0 N–H and O–H groups in total. The van der Waals surface area contributed by atoms with Crippen LogP contribution in [0.1, 0.15) is 24.6 Å². The van der Waals surface area contributed by atoms with Gasteiger partial charge in [-0.2, -0.15) is 0 Å². The fourth-order valence-electron chi connectivity index (χ4n) is 2.18. The van der Waals surface area contributed by atoms with Gasteiger partial charge in [0.2, 0.25) is 0 Å². The summed E-state index contributed by atoms with van der Waals surface area (Å²) in [5, 5.41) is 5.85. The standard InChI is InChI=1S/C14H21N3OS/c1-18-11-8-9-12(19(2,3,4)5)17-14(11)15-13(16-17)10-6-7-10/h8-10H,2,6-7H2,1,3-5H3. The first-order valence-electron chi connectivity index (χ1n) is 6.41. The molecule has 1 saturated carbocycles. The van der Waals surface area contributed by atoms with Gasteiger partial charge < -0.3 is 4.74 Å². The number of pyridine rings is 1. The van der Waals surface area contributed by atoms with Gasteiger partial charge in [0.1, 0.15) is 0 Å². The van der Waals surface area contributed by atoms with E-state index in [1.165, 1.54) is 12.8 Å². The molecule has 0 spiro atoms.